The normalized spacial score (nSPS) is 10.8. The van der Waals surface area contributed by atoms with E-state index in [0.717, 1.165) is 16.1 Å². The summed E-state index contributed by atoms with van der Waals surface area (Å²) in [5.41, 5.74) is 3.18. The second-order valence-corrected chi connectivity index (χ2v) is 7.30. The molecular formula is C19H23N5O2S. The number of thiazole rings is 1. The zero-order valence-corrected chi connectivity index (χ0v) is 16.2. The van der Waals surface area contributed by atoms with E-state index in [1.807, 2.05) is 37.4 Å². The molecule has 2 amide bonds. The smallest absolute Gasteiger partial charge is 0.323 e. The third-order valence-corrected chi connectivity index (χ3v) is 4.89. The van der Waals surface area contributed by atoms with Crippen molar-refractivity contribution in [3.8, 4) is 0 Å². The highest BCUT2D eigenvalue weighted by Crippen LogP contribution is 2.18. The Hall–Kier alpha value is -2.71. The summed E-state index contributed by atoms with van der Waals surface area (Å²) < 4.78 is 1.78. The molecule has 0 fully saturated rings. The molecule has 0 aliphatic rings. The fraction of sp³-hybridized carbons (Fsp3) is 0.316. The van der Waals surface area contributed by atoms with Gasteiger partial charge in [-0.2, -0.15) is 5.10 Å². The van der Waals surface area contributed by atoms with E-state index in [2.05, 4.69) is 21.5 Å². The zero-order chi connectivity index (χ0) is 19.2. The number of aromatic nitrogens is 3. The Morgan fingerprint density at radius 2 is 2.22 bits per heavy atom. The van der Waals surface area contributed by atoms with Gasteiger partial charge in [-0.25, -0.2) is 14.5 Å². The number of aliphatic hydroxyl groups excluding tert-OH is 1. The summed E-state index contributed by atoms with van der Waals surface area (Å²) >= 11 is 1.48. The Balaban J connectivity index is 1.75. The largest absolute Gasteiger partial charge is 0.395 e. The van der Waals surface area contributed by atoms with Crippen LogP contribution in [-0.2, 0) is 13.1 Å². The number of amides is 2. The first kappa shape index (κ1) is 19.1. The highest BCUT2D eigenvalue weighted by Gasteiger charge is 2.18. The van der Waals surface area contributed by atoms with E-state index < -0.39 is 0 Å². The molecule has 0 unspecified atom stereocenters. The molecule has 142 valence electrons. The summed E-state index contributed by atoms with van der Waals surface area (Å²) in [7, 11) is 0. The maximum Gasteiger partial charge on any atom is 0.323 e. The van der Waals surface area contributed by atoms with Crippen molar-refractivity contribution < 1.29 is 9.90 Å². The Morgan fingerprint density at radius 1 is 1.37 bits per heavy atom. The highest BCUT2D eigenvalue weighted by molar-refractivity contribution is 7.09. The van der Waals surface area contributed by atoms with E-state index in [9.17, 15) is 9.90 Å². The molecule has 0 atom stereocenters. The van der Waals surface area contributed by atoms with Gasteiger partial charge in [0.05, 0.1) is 25.9 Å². The lowest BCUT2D eigenvalue weighted by molar-refractivity contribution is 0.185. The molecule has 0 bridgehead atoms. The molecule has 27 heavy (non-hydrogen) atoms. The van der Waals surface area contributed by atoms with Gasteiger partial charge in [0.15, 0.2) is 0 Å². The van der Waals surface area contributed by atoms with E-state index in [-0.39, 0.29) is 19.2 Å². The number of hydrogen-bond donors (Lipinski definition) is 2. The monoisotopic (exact) mass is 385 g/mol. The summed E-state index contributed by atoms with van der Waals surface area (Å²) in [5, 5.41) is 19.3. The summed E-state index contributed by atoms with van der Waals surface area (Å²) in [5.74, 6) is 0.656. The van der Waals surface area contributed by atoms with Crippen LogP contribution in [0.4, 0.5) is 10.6 Å². The first-order valence-corrected chi connectivity index (χ1v) is 9.58. The Labute approximate surface area is 162 Å². The number of urea groups is 1. The van der Waals surface area contributed by atoms with Gasteiger partial charge in [0.1, 0.15) is 10.8 Å². The fourth-order valence-electron chi connectivity index (χ4n) is 2.79. The van der Waals surface area contributed by atoms with Crippen molar-refractivity contribution in [1.82, 2.24) is 19.7 Å². The van der Waals surface area contributed by atoms with Crippen molar-refractivity contribution in [2.75, 3.05) is 18.5 Å². The number of aryl methyl sites for hydroxylation is 2. The molecule has 0 spiro atoms. The first-order valence-electron chi connectivity index (χ1n) is 8.70. The van der Waals surface area contributed by atoms with Crippen molar-refractivity contribution in [2.45, 2.75) is 26.9 Å². The molecule has 3 aromatic rings. The van der Waals surface area contributed by atoms with Gasteiger partial charge in [-0.1, -0.05) is 29.8 Å². The molecule has 1 aromatic carbocycles. The van der Waals surface area contributed by atoms with Gasteiger partial charge in [0.2, 0.25) is 0 Å². The van der Waals surface area contributed by atoms with Gasteiger partial charge in [-0.3, -0.25) is 5.32 Å². The van der Waals surface area contributed by atoms with Crippen LogP contribution in [0, 0.1) is 13.8 Å². The van der Waals surface area contributed by atoms with Crippen molar-refractivity contribution in [1.29, 1.82) is 0 Å². The van der Waals surface area contributed by atoms with Crippen molar-refractivity contribution in [3.05, 3.63) is 63.7 Å². The number of nitrogens with one attached hydrogen (secondary N) is 1. The lowest BCUT2D eigenvalue weighted by Gasteiger charge is -2.21. The first-order chi connectivity index (χ1) is 13.1. The van der Waals surface area contributed by atoms with E-state index in [1.165, 1.54) is 16.9 Å². The molecule has 0 saturated heterocycles. The molecule has 7 nitrogen and oxygen atoms in total. The Morgan fingerprint density at radius 3 is 2.93 bits per heavy atom. The lowest BCUT2D eigenvalue weighted by Crippen LogP contribution is -2.37. The number of carbonyl (C=O) groups is 1. The third-order valence-electron chi connectivity index (χ3n) is 4.13. The average molecular weight is 385 g/mol. The van der Waals surface area contributed by atoms with Crippen molar-refractivity contribution in [2.24, 2.45) is 0 Å². The summed E-state index contributed by atoms with van der Waals surface area (Å²) in [4.78, 5) is 18.5. The third kappa shape index (κ3) is 4.93. The van der Waals surface area contributed by atoms with E-state index in [0.29, 0.717) is 18.9 Å². The number of nitrogens with zero attached hydrogens (tertiary/aromatic N) is 4. The molecule has 0 aliphatic heterocycles. The molecule has 8 heteroatoms. The van der Waals surface area contributed by atoms with E-state index in [1.54, 1.807) is 22.0 Å². The Kier molecular flexibility index (Phi) is 6.20. The number of anilines is 1. The van der Waals surface area contributed by atoms with Gasteiger partial charge < -0.3 is 10.0 Å². The topological polar surface area (TPSA) is 83.3 Å². The van der Waals surface area contributed by atoms with Crippen LogP contribution in [0.15, 0.2) is 42.0 Å². The quantitative estimate of drug-likeness (QED) is 0.655. The van der Waals surface area contributed by atoms with Crippen molar-refractivity contribution in [3.63, 3.8) is 0 Å². The van der Waals surface area contributed by atoms with Crippen LogP contribution >= 0.6 is 11.3 Å². The number of carbonyl (C=O) groups excluding carboxylic acids is 1. The molecule has 2 N–H and O–H groups in total. The van der Waals surface area contributed by atoms with Gasteiger partial charge in [-0.05, 0) is 19.4 Å². The summed E-state index contributed by atoms with van der Waals surface area (Å²) in [6, 6.07) is 7.91. The SMILES string of the molecule is Cc1cccc(Cn2ncc(C)c2NC(=O)N(CCO)Cc2nccs2)c1. The minimum absolute atomic E-state index is 0.111. The van der Waals surface area contributed by atoms with Crippen LogP contribution in [0.25, 0.3) is 0 Å². The molecule has 0 saturated carbocycles. The van der Waals surface area contributed by atoms with Gasteiger partial charge >= 0.3 is 6.03 Å². The maximum absolute atomic E-state index is 12.8. The average Bonchev–Trinajstić information content (AvgIpc) is 3.26. The zero-order valence-electron chi connectivity index (χ0n) is 15.4. The second-order valence-electron chi connectivity index (χ2n) is 6.32. The number of aliphatic hydroxyl groups is 1. The van der Waals surface area contributed by atoms with Gasteiger partial charge in [-0.15, -0.1) is 11.3 Å². The molecule has 3 rings (SSSR count). The predicted molar refractivity (Wildman–Crippen MR) is 106 cm³/mol. The number of hydrogen-bond acceptors (Lipinski definition) is 5. The summed E-state index contributed by atoms with van der Waals surface area (Å²) in [6.07, 6.45) is 3.44. The van der Waals surface area contributed by atoms with Crippen LogP contribution in [-0.4, -0.2) is 44.0 Å². The molecule has 2 heterocycles. The lowest BCUT2D eigenvalue weighted by atomic mass is 10.1. The van der Waals surface area contributed by atoms with Gasteiger partial charge in [0, 0.05) is 23.7 Å². The molecule has 2 aromatic heterocycles. The summed E-state index contributed by atoms with van der Waals surface area (Å²) in [6.45, 7) is 5.00. The molecule has 0 radical (unpaired) electrons. The fourth-order valence-corrected chi connectivity index (χ4v) is 3.42. The van der Waals surface area contributed by atoms with Crippen LogP contribution in [0.2, 0.25) is 0 Å². The minimum atomic E-state index is -0.284. The molecular weight excluding hydrogens is 362 g/mol. The highest BCUT2D eigenvalue weighted by atomic mass is 32.1. The van der Waals surface area contributed by atoms with Gasteiger partial charge in [0.25, 0.3) is 0 Å². The van der Waals surface area contributed by atoms with Crippen LogP contribution < -0.4 is 5.32 Å². The van der Waals surface area contributed by atoms with Crippen LogP contribution in [0.3, 0.4) is 0 Å². The number of benzene rings is 1. The van der Waals surface area contributed by atoms with Crippen LogP contribution in [0.5, 0.6) is 0 Å². The standard InChI is InChI=1S/C19H23N5O2S/c1-14-4-3-5-16(10-14)12-24-18(15(2)11-21-24)22-19(26)23(7-8-25)13-17-20-6-9-27-17/h3-6,9-11,25H,7-8,12-13H2,1-2H3,(H,22,26). The second kappa shape index (κ2) is 8.79. The predicted octanol–water partition coefficient (Wildman–Crippen LogP) is 3.03. The van der Waals surface area contributed by atoms with E-state index >= 15 is 0 Å². The maximum atomic E-state index is 12.8. The van der Waals surface area contributed by atoms with E-state index in [4.69, 9.17) is 0 Å². The van der Waals surface area contributed by atoms with Crippen LogP contribution in [0.1, 0.15) is 21.7 Å². The molecule has 0 aliphatic carbocycles. The van der Waals surface area contributed by atoms with Crippen molar-refractivity contribution >= 4 is 23.2 Å². The Bertz CT molecular complexity index is 891. The number of rotatable bonds is 7. The minimum Gasteiger partial charge on any atom is -0.395 e.